The summed E-state index contributed by atoms with van der Waals surface area (Å²) in [7, 11) is 0. The van der Waals surface area contributed by atoms with Gasteiger partial charge >= 0.3 is 0 Å². The minimum Gasteiger partial charge on any atom is -0.286 e. The molecule has 0 atom stereocenters. The summed E-state index contributed by atoms with van der Waals surface area (Å²) in [5.74, 6) is -0.0204. The smallest absolute Gasteiger partial charge is 0.221 e. The van der Waals surface area contributed by atoms with E-state index in [1.807, 2.05) is 48.5 Å². The molecule has 0 N–H and O–H groups in total. The van der Waals surface area contributed by atoms with Crippen LogP contribution in [0, 0.1) is 0 Å². The molecule has 88 valence electrons. The van der Waals surface area contributed by atoms with Crippen LogP contribution in [0.2, 0.25) is 0 Å². The van der Waals surface area contributed by atoms with Gasteiger partial charge in [-0.05, 0) is 18.2 Å². The van der Waals surface area contributed by atoms with E-state index in [0.29, 0.717) is 10.6 Å². The van der Waals surface area contributed by atoms with E-state index in [2.05, 4.69) is 20.9 Å². The van der Waals surface area contributed by atoms with Gasteiger partial charge in [-0.1, -0.05) is 46.3 Å². The van der Waals surface area contributed by atoms with Crippen molar-refractivity contribution in [2.24, 2.45) is 0 Å². The molecule has 0 saturated carbocycles. The summed E-state index contributed by atoms with van der Waals surface area (Å²) < 4.78 is 2.01. The third kappa shape index (κ3) is 2.09. The van der Waals surface area contributed by atoms with Crippen LogP contribution in [-0.4, -0.2) is 10.8 Å². The molecule has 0 spiro atoms. The molecule has 4 heteroatoms. The molecule has 0 fully saturated rings. The molecule has 0 aliphatic carbocycles. The molecule has 2 aromatic carbocycles. The molecule has 0 aliphatic rings. The number of ketones is 1. The number of hydrogen-bond acceptors (Lipinski definition) is 3. The molecule has 3 rings (SSSR count). The number of hydrogen-bond donors (Lipinski definition) is 0. The molecule has 0 aliphatic heterocycles. The highest BCUT2D eigenvalue weighted by Crippen LogP contribution is 2.26. The van der Waals surface area contributed by atoms with Crippen LogP contribution in [-0.2, 0) is 0 Å². The molecule has 0 radical (unpaired) electrons. The van der Waals surface area contributed by atoms with Crippen LogP contribution < -0.4 is 0 Å². The number of thiazole rings is 1. The molecular formula is C14H8BrNOS. The Kier molecular flexibility index (Phi) is 2.97. The Labute approximate surface area is 116 Å². The highest BCUT2D eigenvalue weighted by Gasteiger charge is 2.14. The van der Waals surface area contributed by atoms with Crippen molar-refractivity contribution in [3.8, 4) is 0 Å². The highest BCUT2D eigenvalue weighted by molar-refractivity contribution is 9.10. The molecule has 2 nitrogen and oxygen atoms in total. The number of rotatable bonds is 2. The topological polar surface area (TPSA) is 30.0 Å². The van der Waals surface area contributed by atoms with Gasteiger partial charge in [0.25, 0.3) is 0 Å². The molecule has 1 heterocycles. The molecule has 1 aromatic heterocycles. The fourth-order valence-electron chi connectivity index (χ4n) is 1.71. The number of aromatic nitrogens is 1. The minimum atomic E-state index is -0.0204. The maximum absolute atomic E-state index is 12.2. The molecule has 0 amide bonds. The van der Waals surface area contributed by atoms with Crippen LogP contribution in [0.25, 0.3) is 10.2 Å². The van der Waals surface area contributed by atoms with Gasteiger partial charge in [0.2, 0.25) is 5.78 Å². The third-order valence-electron chi connectivity index (χ3n) is 2.58. The highest BCUT2D eigenvalue weighted by atomic mass is 79.9. The molecule has 0 unspecified atom stereocenters. The molecule has 3 aromatic rings. The summed E-state index contributed by atoms with van der Waals surface area (Å²) in [6.45, 7) is 0. The van der Waals surface area contributed by atoms with Gasteiger partial charge in [0, 0.05) is 10.0 Å². The van der Waals surface area contributed by atoms with Gasteiger partial charge in [-0.3, -0.25) is 4.79 Å². The van der Waals surface area contributed by atoms with Crippen LogP contribution in [0.4, 0.5) is 0 Å². The van der Waals surface area contributed by atoms with Crippen LogP contribution in [0.5, 0.6) is 0 Å². The van der Waals surface area contributed by atoms with Crippen molar-refractivity contribution in [3.63, 3.8) is 0 Å². The largest absolute Gasteiger partial charge is 0.286 e. The first kappa shape index (κ1) is 11.6. The predicted molar refractivity (Wildman–Crippen MR) is 77.2 cm³/mol. The third-order valence-corrected chi connectivity index (χ3v) is 4.09. The first-order valence-electron chi connectivity index (χ1n) is 5.40. The molecular weight excluding hydrogens is 310 g/mol. The van der Waals surface area contributed by atoms with Gasteiger partial charge in [-0.2, -0.15) is 0 Å². The van der Waals surface area contributed by atoms with Crippen LogP contribution >= 0.6 is 27.3 Å². The van der Waals surface area contributed by atoms with Crippen molar-refractivity contribution in [2.75, 3.05) is 0 Å². The Bertz CT molecular complexity index is 721. The maximum atomic E-state index is 12.2. The van der Waals surface area contributed by atoms with Crippen molar-refractivity contribution >= 4 is 43.3 Å². The Morgan fingerprint density at radius 1 is 1.11 bits per heavy atom. The first-order chi connectivity index (χ1) is 8.74. The summed E-state index contributed by atoms with van der Waals surface area (Å²) >= 11 is 4.84. The van der Waals surface area contributed by atoms with E-state index in [0.717, 1.165) is 14.7 Å². The average molecular weight is 318 g/mol. The second-order valence-corrected chi connectivity index (χ2v) is 5.77. The Morgan fingerprint density at radius 2 is 1.89 bits per heavy atom. The lowest BCUT2D eigenvalue weighted by molar-refractivity contribution is 0.103. The van der Waals surface area contributed by atoms with Crippen molar-refractivity contribution < 1.29 is 4.79 Å². The zero-order valence-electron chi connectivity index (χ0n) is 9.26. The SMILES string of the molecule is O=C(c1ccccc1)c1nc2ccc(Br)cc2s1. The second-order valence-electron chi connectivity index (χ2n) is 3.83. The monoisotopic (exact) mass is 317 g/mol. The number of fused-ring (bicyclic) bond motifs is 1. The average Bonchev–Trinajstić information content (AvgIpc) is 2.81. The van der Waals surface area contributed by atoms with Crippen molar-refractivity contribution in [1.82, 2.24) is 4.98 Å². The van der Waals surface area contributed by atoms with E-state index in [-0.39, 0.29) is 5.78 Å². The second kappa shape index (κ2) is 4.63. The van der Waals surface area contributed by atoms with Gasteiger partial charge in [-0.15, -0.1) is 11.3 Å². The molecule has 0 bridgehead atoms. The Morgan fingerprint density at radius 3 is 2.67 bits per heavy atom. The quantitative estimate of drug-likeness (QED) is 0.660. The zero-order chi connectivity index (χ0) is 12.5. The van der Waals surface area contributed by atoms with Crippen molar-refractivity contribution in [2.45, 2.75) is 0 Å². The number of carbonyl (C=O) groups is 1. The van der Waals surface area contributed by atoms with E-state index < -0.39 is 0 Å². The summed E-state index contributed by atoms with van der Waals surface area (Å²) in [6.07, 6.45) is 0. The first-order valence-corrected chi connectivity index (χ1v) is 7.01. The predicted octanol–water partition coefficient (Wildman–Crippen LogP) is 4.29. The summed E-state index contributed by atoms with van der Waals surface area (Å²) in [5, 5.41) is 0.536. The number of carbonyl (C=O) groups excluding carboxylic acids is 1. The Hall–Kier alpha value is -1.52. The van der Waals surface area contributed by atoms with E-state index in [9.17, 15) is 4.79 Å². The van der Waals surface area contributed by atoms with Gasteiger partial charge < -0.3 is 0 Å². The van der Waals surface area contributed by atoms with E-state index in [4.69, 9.17) is 0 Å². The standard InChI is InChI=1S/C14H8BrNOS/c15-10-6-7-11-12(8-10)18-14(16-11)13(17)9-4-2-1-3-5-9/h1-8H. The van der Waals surface area contributed by atoms with Crippen molar-refractivity contribution in [3.05, 3.63) is 63.6 Å². The lowest BCUT2D eigenvalue weighted by atomic mass is 10.1. The number of benzene rings is 2. The van der Waals surface area contributed by atoms with Gasteiger partial charge in [-0.25, -0.2) is 4.98 Å². The fourth-order valence-corrected chi connectivity index (χ4v) is 3.19. The number of halogens is 1. The molecule has 0 saturated heterocycles. The van der Waals surface area contributed by atoms with Gasteiger partial charge in [0.1, 0.15) is 0 Å². The summed E-state index contributed by atoms with van der Waals surface area (Å²) in [6, 6.07) is 15.1. The van der Waals surface area contributed by atoms with Crippen molar-refractivity contribution in [1.29, 1.82) is 0 Å². The van der Waals surface area contributed by atoms with E-state index in [1.54, 1.807) is 0 Å². The normalized spacial score (nSPS) is 10.7. The lowest BCUT2D eigenvalue weighted by Crippen LogP contribution is -1.99. The maximum Gasteiger partial charge on any atom is 0.221 e. The van der Waals surface area contributed by atoms with E-state index >= 15 is 0 Å². The van der Waals surface area contributed by atoms with Crippen LogP contribution in [0.1, 0.15) is 15.4 Å². The van der Waals surface area contributed by atoms with Crippen LogP contribution in [0.15, 0.2) is 53.0 Å². The van der Waals surface area contributed by atoms with Gasteiger partial charge in [0.15, 0.2) is 5.01 Å². The van der Waals surface area contributed by atoms with Gasteiger partial charge in [0.05, 0.1) is 10.2 Å². The molecule has 18 heavy (non-hydrogen) atoms. The summed E-state index contributed by atoms with van der Waals surface area (Å²) in [5.41, 5.74) is 1.54. The zero-order valence-corrected chi connectivity index (χ0v) is 11.7. The van der Waals surface area contributed by atoms with E-state index in [1.165, 1.54) is 11.3 Å². The Balaban J connectivity index is 2.07. The number of nitrogens with zero attached hydrogens (tertiary/aromatic N) is 1. The fraction of sp³-hybridized carbons (Fsp3) is 0. The lowest BCUT2D eigenvalue weighted by Gasteiger charge is -1.94. The minimum absolute atomic E-state index is 0.0204. The summed E-state index contributed by atoms with van der Waals surface area (Å²) in [4.78, 5) is 16.6. The van der Waals surface area contributed by atoms with Crippen LogP contribution in [0.3, 0.4) is 0 Å².